The average molecular weight is 431 g/mol. The number of ether oxygens (including phenoxy) is 1. The standard InChI is InChI=1S/C21H20BrFN2O2/c22-19-12-16(23)13-20-18(19)8-11-25(20)17-6-9-24(10-7-17)21(26)27-14-15-4-2-1-3-5-15/h1-5,8,11-13,17H,6-7,9-10,14H2. The first-order valence-corrected chi connectivity index (χ1v) is 9.82. The van der Waals surface area contributed by atoms with Crippen LogP contribution < -0.4 is 0 Å². The predicted molar refractivity (Wildman–Crippen MR) is 106 cm³/mol. The Labute approximate surface area is 165 Å². The Hall–Kier alpha value is -2.34. The zero-order valence-corrected chi connectivity index (χ0v) is 16.4. The molecule has 140 valence electrons. The first kappa shape index (κ1) is 18.0. The normalized spacial score (nSPS) is 15.3. The number of hydrogen-bond acceptors (Lipinski definition) is 2. The zero-order chi connectivity index (χ0) is 18.8. The van der Waals surface area contributed by atoms with Crippen molar-refractivity contribution in [3.8, 4) is 0 Å². The van der Waals surface area contributed by atoms with Crippen LogP contribution in [0.5, 0.6) is 0 Å². The number of likely N-dealkylation sites (tertiary alicyclic amines) is 1. The van der Waals surface area contributed by atoms with E-state index in [2.05, 4.69) is 20.5 Å². The Morgan fingerprint density at radius 2 is 1.89 bits per heavy atom. The number of benzene rings is 2. The lowest BCUT2D eigenvalue weighted by Gasteiger charge is -2.32. The lowest BCUT2D eigenvalue weighted by molar-refractivity contribution is 0.0834. The number of fused-ring (bicyclic) bond motifs is 1. The van der Waals surface area contributed by atoms with Crippen LogP contribution in [-0.2, 0) is 11.3 Å². The van der Waals surface area contributed by atoms with E-state index in [4.69, 9.17) is 4.74 Å². The van der Waals surface area contributed by atoms with E-state index in [9.17, 15) is 9.18 Å². The molecule has 0 bridgehead atoms. The van der Waals surface area contributed by atoms with Crippen LogP contribution in [-0.4, -0.2) is 28.6 Å². The molecule has 4 nitrogen and oxygen atoms in total. The molecule has 6 heteroatoms. The van der Waals surface area contributed by atoms with Gasteiger partial charge in [-0.05, 0) is 52.5 Å². The van der Waals surface area contributed by atoms with Gasteiger partial charge in [-0.3, -0.25) is 0 Å². The monoisotopic (exact) mass is 430 g/mol. The molecule has 0 radical (unpaired) electrons. The van der Waals surface area contributed by atoms with E-state index in [1.165, 1.54) is 6.07 Å². The van der Waals surface area contributed by atoms with Crippen LogP contribution in [0.4, 0.5) is 9.18 Å². The summed E-state index contributed by atoms with van der Waals surface area (Å²) in [6.45, 7) is 1.55. The summed E-state index contributed by atoms with van der Waals surface area (Å²) >= 11 is 3.43. The molecular weight excluding hydrogens is 411 g/mol. The van der Waals surface area contributed by atoms with Gasteiger partial charge in [-0.15, -0.1) is 0 Å². The fourth-order valence-electron chi connectivity index (χ4n) is 3.64. The summed E-state index contributed by atoms with van der Waals surface area (Å²) < 4.78 is 22.1. The third-order valence-corrected chi connectivity index (χ3v) is 5.73. The highest BCUT2D eigenvalue weighted by molar-refractivity contribution is 9.10. The molecule has 2 aromatic carbocycles. The molecule has 0 unspecified atom stereocenters. The van der Waals surface area contributed by atoms with Crippen molar-refractivity contribution in [2.45, 2.75) is 25.5 Å². The zero-order valence-electron chi connectivity index (χ0n) is 14.8. The second-order valence-corrected chi connectivity index (χ2v) is 7.66. The van der Waals surface area contributed by atoms with Crippen LogP contribution in [0, 0.1) is 5.82 Å². The molecule has 3 aromatic rings. The summed E-state index contributed by atoms with van der Waals surface area (Å²) in [4.78, 5) is 14.1. The molecule has 1 aliphatic rings. The third-order valence-electron chi connectivity index (χ3n) is 5.07. The quantitative estimate of drug-likeness (QED) is 0.548. The van der Waals surface area contributed by atoms with Crippen LogP contribution in [0.15, 0.2) is 59.2 Å². The van der Waals surface area contributed by atoms with E-state index >= 15 is 0 Å². The maximum absolute atomic E-state index is 13.8. The van der Waals surface area contributed by atoms with Crippen LogP contribution in [0.1, 0.15) is 24.4 Å². The number of piperidine rings is 1. The van der Waals surface area contributed by atoms with Crippen molar-refractivity contribution in [3.63, 3.8) is 0 Å². The number of aromatic nitrogens is 1. The van der Waals surface area contributed by atoms with Crippen LogP contribution >= 0.6 is 15.9 Å². The summed E-state index contributed by atoms with van der Waals surface area (Å²) in [5.74, 6) is -0.253. The summed E-state index contributed by atoms with van der Waals surface area (Å²) in [5.41, 5.74) is 1.86. The van der Waals surface area contributed by atoms with Gasteiger partial charge in [-0.25, -0.2) is 9.18 Å². The smallest absolute Gasteiger partial charge is 0.410 e. The highest BCUT2D eigenvalue weighted by Crippen LogP contribution is 2.32. The molecule has 0 atom stereocenters. The SMILES string of the molecule is O=C(OCc1ccccc1)N1CCC(n2ccc3c(Br)cc(F)cc32)CC1. The largest absolute Gasteiger partial charge is 0.445 e. The number of halogens is 2. The van der Waals surface area contributed by atoms with E-state index < -0.39 is 0 Å². The average Bonchev–Trinajstić information content (AvgIpc) is 3.11. The van der Waals surface area contributed by atoms with E-state index in [-0.39, 0.29) is 24.6 Å². The summed E-state index contributed by atoms with van der Waals surface area (Å²) in [5, 5.41) is 1.00. The summed E-state index contributed by atoms with van der Waals surface area (Å²) in [6.07, 6.45) is 3.36. The lowest BCUT2D eigenvalue weighted by Crippen LogP contribution is -2.39. The maximum atomic E-state index is 13.8. The van der Waals surface area contributed by atoms with E-state index in [1.807, 2.05) is 42.6 Å². The van der Waals surface area contributed by atoms with Gasteiger partial charge < -0.3 is 14.2 Å². The molecular formula is C21H20BrFN2O2. The minimum Gasteiger partial charge on any atom is -0.445 e. The summed E-state index contributed by atoms with van der Waals surface area (Å²) in [6, 6.07) is 15.0. The van der Waals surface area contributed by atoms with Gasteiger partial charge in [-0.1, -0.05) is 30.3 Å². The summed E-state index contributed by atoms with van der Waals surface area (Å²) in [7, 11) is 0. The van der Waals surface area contributed by atoms with Crippen LogP contribution in [0.3, 0.4) is 0 Å². The van der Waals surface area contributed by atoms with Gasteiger partial charge in [0.25, 0.3) is 0 Å². The Morgan fingerprint density at radius 1 is 1.15 bits per heavy atom. The van der Waals surface area contributed by atoms with Gasteiger partial charge in [0, 0.05) is 35.2 Å². The molecule has 1 amide bonds. The van der Waals surface area contributed by atoms with Gasteiger partial charge in [-0.2, -0.15) is 0 Å². The van der Waals surface area contributed by atoms with E-state index in [0.717, 1.165) is 33.8 Å². The molecule has 27 heavy (non-hydrogen) atoms. The van der Waals surface area contributed by atoms with Crippen LogP contribution in [0.25, 0.3) is 10.9 Å². The molecule has 0 N–H and O–H groups in total. The first-order valence-electron chi connectivity index (χ1n) is 9.03. The Bertz CT molecular complexity index is 949. The molecule has 0 saturated carbocycles. The van der Waals surface area contributed by atoms with E-state index in [1.54, 1.807) is 11.0 Å². The van der Waals surface area contributed by atoms with Gasteiger partial charge in [0.2, 0.25) is 0 Å². The second-order valence-electron chi connectivity index (χ2n) is 6.80. The third kappa shape index (κ3) is 3.86. The van der Waals surface area contributed by atoms with E-state index in [0.29, 0.717) is 13.1 Å². The highest BCUT2D eigenvalue weighted by Gasteiger charge is 2.25. The number of carbonyl (C=O) groups excluding carboxylic acids is 1. The highest BCUT2D eigenvalue weighted by atomic mass is 79.9. The maximum Gasteiger partial charge on any atom is 0.410 e. The first-order chi connectivity index (χ1) is 13.1. The molecule has 1 fully saturated rings. The Kier molecular flexibility index (Phi) is 5.16. The van der Waals surface area contributed by atoms with Crippen molar-refractivity contribution in [2.24, 2.45) is 0 Å². The van der Waals surface area contributed by atoms with Crippen molar-refractivity contribution in [3.05, 3.63) is 70.6 Å². The molecule has 0 aliphatic carbocycles. The Morgan fingerprint density at radius 3 is 2.63 bits per heavy atom. The lowest BCUT2D eigenvalue weighted by atomic mass is 10.0. The molecule has 2 heterocycles. The van der Waals surface area contributed by atoms with Gasteiger partial charge in [0.1, 0.15) is 12.4 Å². The van der Waals surface area contributed by atoms with Crippen LogP contribution in [0.2, 0.25) is 0 Å². The molecule has 0 spiro atoms. The predicted octanol–water partition coefficient (Wildman–Crippen LogP) is 5.52. The number of rotatable bonds is 3. The van der Waals surface area contributed by atoms with Gasteiger partial charge >= 0.3 is 6.09 Å². The second kappa shape index (κ2) is 7.72. The number of carbonyl (C=O) groups is 1. The number of amides is 1. The minimum absolute atomic E-state index is 0.245. The fraction of sp³-hybridized carbons (Fsp3) is 0.286. The van der Waals surface area contributed by atoms with Crippen molar-refractivity contribution < 1.29 is 13.9 Å². The van der Waals surface area contributed by atoms with Gasteiger partial charge in [0.15, 0.2) is 0 Å². The van der Waals surface area contributed by atoms with Crippen molar-refractivity contribution >= 4 is 32.9 Å². The van der Waals surface area contributed by atoms with Crippen molar-refractivity contribution in [1.82, 2.24) is 9.47 Å². The molecule has 1 saturated heterocycles. The van der Waals surface area contributed by atoms with Crippen molar-refractivity contribution in [1.29, 1.82) is 0 Å². The topological polar surface area (TPSA) is 34.5 Å². The number of nitrogens with zero attached hydrogens (tertiary/aromatic N) is 2. The fourth-order valence-corrected chi connectivity index (χ4v) is 4.19. The number of hydrogen-bond donors (Lipinski definition) is 0. The molecule has 1 aliphatic heterocycles. The molecule has 1 aromatic heterocycles. The minimum atomic E-state index is -0.275. The Balaban J connectivity index is 1.38. The van der Waals surface area contributed by atoms with Gasteiger partial charge in [0.05, 0.1) is 5.52 Å². The molecule has 4 rings (SSSR count). The van der Waals surface area contributed by atoms with Crippen molar-refractivity contribution in [2.75, 3.05) is 13.1 Å².